The van der Waals surface area contributed by atoms with Crippen LogP contribution in [0.25, 0.3) is 11.0 Å². The van der Waals surface area contributed by atoms with Gasteiger partial charge in [-0.2, -0.15) is 0 Å². The van der Waals surface area contributed by atoms with Gasteiger partial charge in [-0.25, -0.2) is 9.67 Å². The second-order valence-electron chi connectivity index (χ2n) is 7.88. The molecular formula is C23H24N6O2. The number of hydrogen-bond donors (Lipinski definition) is 1. The SMILES string of the molecule is COCCn1cc(Cn2ccnn2)c(=O)c2cc(NC3Cc4ccccc4C3)cnc21. The molecule has 0 radical (unpaired) electrons. The van der Waals surface area contributed by atoms with Crippen LogP contribution < -0.4 is 10.7 Å². The first kappa shape index (κ1) is 19.4. The fourth-order valence-electron chi connectivity index (χ4n) is 4.27. The lowest BCUT2D eigenvalue weighted by Crippen LogP contribution is -2.22. The van der Waals surface area contributed by atoms with E-state index in [1.165, 1.54) is 11.1 Å². The fraction of sp³-hybridized carbons (Fsp3) is 0.304. The van der Waals surface area contributed by atoms with Gasteiger partial charge in [0.2, 0.25) is 0 Å². The van der Waals surface area contributed by atoms with Crippen molar-refractivity contribution in [1.29, 1.82) is 0 Å². The van der Waals surface area contributed by atoms with Crippen LogP contribution >= 0.6 is 0 Å². The van der Waals surface area contributed by atoms with E-state index in [0.717, 1.165) is 18.5 Å². The van der Waals surface area contributed by atoms with Gasteiger partial charge in [-0.1, -0.05) is 29.5 Å². The molecule has 8 heteroatoms. The summed E-state index contributed by atoms with van der Waals surface area (Å²) in [4.78, 5) is 17.9. The predicted octanol–water partition coefficient (Wildman–Crippen LogP) is 2.26. The Bertz CT molecular complexity index is 1240. The average Bonchev–Trinajstić information content (AvgIpc) is 3.44. The number of nitrogens with zero attached hydrogens (tertiary/aromatic N) is 5. The first-order valence-corrected chi connectivity index (χ1v) is 10.4. The molecule has 0 saturated carbocycles. The number of rotatable bonds is 7. The van der Waals surface area contributed by atoms with Gasteiger partial charge in [-0.15, -0.1) is 5.10 Å². The van der Waals surface area contributed by atoms with Crippen molar-refractivity contribution in [3.63, 3.8) is 0 Å². The smallest absolute Gasteiger partial charge is 0.196 e. The molecule has 3 heterocycles. The van der Waals surface area contributed by atoms with Gasteiger partial charge in [0.25, 0.3) is 0 Å². The minimum atomic E-state index is -0.0370. The summed E-state index contributed by atoms with van der Waals surface area (Å²) in [6.45, 7) is 1.50. The van der Waals surface area contributed by atoms with Gasteiger partial charge < -0.3 is 14.6 Å². The normalized spacial score (nSPS) is 13.6. The van der Waals surface area contributed by atoms with Crippen LogP contribution in [0.4, 0.5) is 5.69 Å². The molecule has 0 atom stereocenters. The second kappa shape index (κ2) is 8.31. The lowest BCUT2D eigenvalue weighted by molar-refractivity contribution is 0.188. The van der Waals surface area contributed by atoms with Crippen molar-refractivity contribution in [1.82, 2.24) is 24.5 Å². The molecule has 0 saturated heterocycles. The summed E-state index contributed by atoms with van der Waals surface area (Å²) in [6, 6.07) is 10.7. The zero-order valence-electron chi connectivity index (χ0n) is 17.4. The van der Waals surface area contributed by atoms with E-state index in [1.807, 2.05) is 23.0 Å². The van der Waals surface area contributed by atoms with Crippen LogP contribution in [0.15, 0.2) is 59.9 Å². The summed E-state index contributed by atoms with van der Waals surface area (Å²) < 4.78 is 8.87. The van der Waals surface area contributed by atoms with Crippen LogP contribution in [0, 0.1) is 0 Å². The third-order valence-corrected chi connectivity index (χ3v) is 5.75. The van der Waals surface area contributed by atoms with E-state index in [4.69, 9.17) is 4.74 Å². The molecule has 0 unspecified atom stereocenters. The van der Waals surface area contributed by atoms with Crippen molar-refractivity contribution in [3.05, 3.63) is 82.0 Å². The van der Waals surface area contributed by atoms with Gasteiger partial charge in [0.15, 0.2) is 5.43 Å². The third-order valence-electron chi connectivity index (χ3n) is 5.75. The quantitative estimate of drug-likeness (QED) is 0.497. The van der Waals surface area contributed by atoms with E-state index in [1.54, 1.807) is 24.2 Å². The third kappa shape index (κ3) is 3.94. The Balaban J connectivity index is 1.49. The highest BCUT2D eigenvalue weighted by Crippen LogP contribution is 2.25. The summed E-state index contributed by atoms with van der Waals surface area (Å²) in [5, 5.41) is 12.0. The molecule has 0 fully saturated rings. The van der Waals surface area contributed by atoms with Gasteiger partial charge >= 0.3 is 0 Å². The molecule has 5 rings (SSSR count). The Labute approximate surface area is 179 Å². The number of methoxy groups -OCH3 is 1. The second-order valence-corrected chi connectivity index (χ2v) is 7.88. The van der Waals surface area contributed by atoms with Crippen LogP contribution in [0.5, 0.6) is 0 Å². The van der Waals surface area contributed by atoms with Crippen molar-refractivity contribution in [3.8, 4) is 0 Å². The molecular weight excluding hydrogens is 392 g/mol. The summed E-state index contributed by atoms with van der Waals surface area (Å²) in [7, 11) is 1.66. The molecule has 0 aliphatic heterocycles. The van der Waals surface area contributed by atoms with Crippen LogP contribution in [0.1, 0.15) is 16.7 Å². The van der Waals surface area contributed by atoms with E-state index in [2.05, 4.69) is 44.9 Å². The lowest BCUT2D eigenvalue weighted by atomic mass is 10.1. The predicted molar refractivity (Wildman–Crippen MR) is 118 cm³/mol. The van der Waals surface area contributed by atoms with Crippen LogP contribution in [-0.2, 0) is 30.7 Å². The lowest BCUT2D eigenvalue weighted by Gasteiger charge is -2.16. The zero-order chi connectivity index (χ0) is 21.2. The van der Waals surface area contributed by atoms with E-state index >= 15 is 0 Å². The van der Waals surface area contributed by atoms with Crippen molar-refractivity contribution < 1.29 is 4.74 Å². The van der Waals surface area contributed by atoms with E-state index in [-0.39, 0.29) is 5.43 Å². The number of hydrogen-bond acceptors (Lipinski definition) is 6. The van der Waals surface area contributed by atoms with Crippen molar-refractivity contribution in [2.75, 3.05) is 19.0 Å². The van der Waals surface area contributed by atoms with Gasteiger partial charge in [0, 0.05) is 37.7 Å². The molecule has 0 bridgehead atoms. The number of pyridine rings is 2. The topological polar surface area (TPSA) is 86.9 Å². The fourth-order valence-corrected chi connectivity index (χ4v) is 4.27. The Morgan fingerprint density at radius 3 is 2.74 bits per heavy atom. The maximum absolute atomic E-state index is 13.3. The van der Waals surface area contributed by atoms with Crippen molar-refractivity contribution in [2.45, 2.75) is 32.0 Å². The van der Waals surface area contributed by atoms with Crippen molar-refractivity contribution in [2.24, 2.45) is 0 Å². The molecule has 31 heavy (non-hydrogen) atoms. The highest BCUT2D eigenvalue weighted by molar-refractivity contribution is 5.79. The molecule has 1 aliphatic carbocycles. The van der Waals surface area contributed by atoms with E-state index in [0.29, 0.717) is 42.3 Å². The molecule has 158 valence electrons. The Morgan fingerprint density at radius 2 is 2.03 bits per heavy atom. The van der Waals surface area contributed by atoms with E-state index in [9.17, 15) is 4.79 Å². The van der Waals surface area contributed by atoms with Crippen LogP contribution in [0.2, 0.25) is 0 Å². The number of fused-ring (bicyclic) bond motifs is 2. The summed E-state index contributed by atoms with van der Waals surface area (Å²) >= 11 is 0. The Morgan fingerprint density at radius 1 is 1.23 bits per heavy atom. The number of aromatic nitrogens is 5. The maximum atomic E-state index is 13.3. The Kier molecular flexibility index (Phi) is 5.21. The highest BCUT2D eigenvalue weighted by Gasteiger charge is 2.21. The summed E-state index contributed by atoms with van der Waals surface area (Å²) in [5.41, 5.74) is 4.88. The number of ether oxygens (including phenoxy) is 1. The monoisotopic (exact) mass is 416 g/mol. The zero-order valence-corrected chi connectivity index (χ0v) is 17.4. The van der Waals surface area contributed by atoms with Crippen LogP contribution in [0.3, 0.4) is 0 Å². The average molecular weight is 416 g/mol. The first-order valence-electron chi connectivity index (χ1n) is 10.4. The first-order chi connectivity index (χ1) is 15.2. The molecule has 0 spiro atoms. The number of nitrogens with one attached hydrogen (secondary N) is 1. The Hall–Kier alpha value is -3.52. The molecule has 1 aliphatic rings. The molecule has 1 N–H and O–H groups in total. The standard InChI is InChI=1S/C23H24N6O2/c1-31-9-8-28-14-18(15-29-7-6-25-27-29)22(30)21-12-20(13-24-23(21)28)26-19-10-16-4-2-3-5-17(16)11-19/h2-7,12-14,19,26H,8-11,15H2,1H3. The maximum Gasteiger partial charge on any atom is 0.196 e. The van der Waals surface area contributed by atoms with Gasteiger partial charge in [0.1, 0.15) is 5.65 Å². The van der Waals surface area contributed by atoms with Gasteiger partial charge in [-0.05, 0) is 30.0 Å². The summed E-state index contributed by atoms with van der Waals surface area (Å²) in [5.74, 6) is 0. The van der Waals surface area contributed by atoms with E-state index < -0.39 is 0 Å². The molecule has 3 aromatic heterocycles. The molecule has 0 amide bonds. The van der Waals surface area contributed by atoms with Crippen LogP contribution in [-0.4, -0.2) is 44.3 Å². The molecule has 8 nitrogen and oxygen atoms in total. The highest BCUT2D eigenvalue weighted by atomic mass is 16.5. The molecule has 4 aromatic rings. The van der Waals surface area contributed by atoms with Crippen molar-refractivity contribution >= 4 is 16.7 Å². The largest absolute Gasteiger partial charge is 0.383 e. The van der Waals surface area contributed by atoms with Gasteiger partial charge in [-0.3, -0.25) is 4.79 Å². The minimum absolute atomic E-state index is 0.0370. The number of anilines is 1. The minimum Gasteiger partial charge on any atom is -0.383 e. The molecule has 1 aromatic carbocycles. The van der Waals surface area contributed by atoms with Gasteiger partial charge in [0.05, 0.1) is 36.6 Å². The summed E-state index contributed by atoms with van der Waals surface area (Å²) in [6.07, 6.45) is 8.95. The number of benzene rings is 1.